The molecule has 24 heavy (non-hydrogen) atoms. The first-order valence-corrected chi connectivity index (χ1v) is 7.74. The fourth-order valence-corrected chi connectivity index (χ4v) is 2.29. The fourth-order valence-electron chi connectivity index (χ4n) is 1.90. The van der Waals surface area contributed by atoms with Crippen molar-refractivity contribution in [1.82, 2.24) is 0 Å². The van der Waals surface area contributed by atoms with Gasteiger partial charge in [-0.3, -0.25) is 14.9 Å². The predicted molar refractivity (Wildman–Crippen MR) is 91.1 cm³/mol. The van der Waals surface area contributed by atoms with Crippen molar-refractivity contribution in [3.63, 3.8) is 0 Å². The van der Waals surface area contributed by atoms with E-state index in [2.05, 4.69) is 21.2 Å². The van der Waals surface area contributed by atoms with Crippen LogP contribution in [0.3, 0.4) is 0 Å². The summed E-state index contributed by atoms with van der Waals surface area (Å²) in [6.45, 7) is 1.99. The van der Waals surface area contributed by atoms with Crippen molar-refractivity contribution in [1.29, 1.82) is 0 Å². The predicted octanol–water partition coefficient (Wildman–Crippen LogP) is 3.79. The van der Waals surface area contributed by atoms with E-state index in [1.807, 2.05) is 0 Å². The summed E-state index contributed by atoms with van der Waals surface area (Å²) >= 11 is 3.06. The number of ether oxygens (including phenoxy) is 1. The Bertz CT molecular complexity index is 790. The Balaban J connectivity index is 2.14. The maximum Gasteiger partial charge on any atom is 0.338 e. The summed E-state index contributed by atoms with van der Waals surface area (Å²) in [7, 11) is 0. The molecule has 0 atom stereocenters. The molecule has 0 saturated carbocycles. The molecule has 2 rings (SSSR count). The molecule has 8 heteroatoms. The fraction of sp³-hybridized carbons (Fsp3) is 0.125. The number of nitrogens with one attached hydrogen (secondary N) is 1. The summed E-state index contributed by atoms with van der Waals surface area (Å²) in [5, 5.41) is 13.5. The molecule has 0 spiro atoms. The number of esters is 1. The number of amides is 1. The molecule has 2 aromatic carbocycles. The highest BCUT2D eigenvalue weighted by Gasteiger charge is 2.16. The zero-order valence-corrected chi connectivity index (χ0v) is 14.2. The molecule has 0 radical (unpaired) electrons. The van der Waals surface area contributed by atoms with E-state index in [4.69, 9.17) is 4.74 Å². The number of nitro benzene ring substituents is 1. The Morgan fingerprint density at radius 2 is 1.79 bits per heavy atom. The lowest BCUT2D eigenvalue weighted by Gasteiger charge is -2.07. The van der Waals surface area contributed by atoms with Crippen LogP contribution in [0.4, 0.5) is 11.4 Å². The highest BCUT2D eigenvalue weighted by molar-refractivity contribution is 9.10. The van der Waals surface area contributed by atoms with Crippen molar-refractivity contribution >= 4 is 39.2 Å². The number of hydrogen-bond acceptors (Lipinski definition) is 5. The number of benzene rings is 2. The summed E-state index contributed by atoms with van der Waals surface area (Å²) in [5.74, 6) is -0.937. The third-order valence-corrected chi connectivity index (χ3v) is 3.73. The van der Waals surface area contributed by atoms with E-state index < -0.39 is 16.8 Å². The molecular weight excluding hydrogens is 380 g/mol. The molecule has 0 heterocycles. The second-order valence-corrected chi connectivity index (χ2v) is 5.53. The van der Waals surface area contributed by atoms with Crippen LogP contribution in [0, 0.1) is 10.1 Å². The zero-order valence-electron chi connectivity index (χ0n) is 12.6. The normalized spacial score (nSPS) is 10.1. The minimum atomic E-state index is -0.574. The highest BCUT2D eigenvalue weighted by atomic mass is 79.9. The van der Waals surface area contributed by atoms with Crippen LogP contribution in [-0.2, 0) is 4.74 Å². The number of carbonyl (C=O) groups excluding carboxylic acids is 2. The lowest BCUT2D eigenvalue weighted by atomic mass is 10.1. The van der Waals surface area contributed by atoms with Gasteiger partial charge in [-0.25, -0.2) is 4.79 Å². The van der Waals surface area contributed by atoms with Gasteiger partial charge in [-0.15, -0.1) is 0 Å². The van der Waals surface area contributed by atoms with Gasteiger partial charge in [-0.1, -0.05) is 0 Å². The lowest BCUT2D eigenvalue weighted by molar-refractivity contribution is -0.385. The van der Waals surface area contributed by atoms with E-state index in [1.54, 1.807) is 19.1 Å². The second-order valence-electron chi connectivity index (χ2n) is 4.68. The molecule has 124 valence electrons. The summed E-state index contributed by atoms with van der Waals surface area (Å²) in [4.78, 5) is 34.1. The monoisotopic (exact) mass is 392 g/mol. The minimum absolute atomic E-state index is 0.152. The minimum Gasteiger partial charge on any atom is -0.462 e. The molecule has 0 fully saturated rings. The number of nitrogens with zero attached hydrogens (tertiary/aromatic N) is 1. The van der Waals surface area contributed by atoms with Crippen molar-refractivity contribution in [2.75, 3.05) is 11.9 Å². The van der Waals surface area contributed by atoms with E-state index >= 15 is 0 Å². The Kier molecular flexibility index (Phi) is 5.64. The Morgan fingerprint density at radius 3 is 2.38 bits per heavy atom. The SMILES string of the molecule is CCOC(=O)c1ccc(NC(=O)c2ccc(Br)c([N+](=O)[O-])c2)cc1. The smallest absolute Gasteiger partial charge is 0.338 e. The third-order valence-electron chi connectivity index (χ3n) is 3.06. The molecule has 0 bridgehead atoms. The van der Waals surface area contributed by atoms with Gasteiger partial charge in [0.15, 0.2) is 0 Å². The molecule has 0 aliphatic heterocycles. The molecule has 1 amide bonds. The summed E-state index contributed by atoms with van der Waals surface area (Å²) in [5.41, 5.74) is 0.785. The van der Waals surface area contributed by atoms with Crippen molar-refractivity contribution in [3.05, 3.63) is 68.2 Å². The Morgan fingerprint density at radius 1 is 1.17 bits per heavy atom. The molecule has 0 aliphatic carbocycles. The van der Waals surface area contributed by atoms with E-state index in [0.29, 0.717) is 15.7 Å². The lowest BCUT2D eigenvalue weighted by Crippen LogP contribution is -2.12. The van der Waals surface area contributed by atoms with E-state index in [1.165, 1.54) is 30.3 Å². The van der Waals surface area contributed by atoms with Gasteiger partial charge >= 0.3 is 5.97 Å². The first-order valence-electron chi connectivity index (χ1n) is 6.95. The van der Waals surface area contributed by atoms with Gasteiger partial charge in [0.25, 0.3) is 11.6 Å². The molecule has 7 nitrogen and oxygen atoms in total. The van der Waals surface area contributed by atoms with Crippen LogP contribution in [0.1, 0.15) is 27.6 Å². The van der Waals surface area contributed by atoms with Crippen LogP contribution in [0.15, 0.2) is 46.9 Å². The third kappa shape index (κ3) is 4.17. The summed E-state index contributed by atoms with van der Waals surface area (Å²) in [6, 6.07) is 10.3. The molecule has 0 aliphatic rings. The number of anilines is 1. The van der Waals surface area contributed by atoms with Crippen LogP contribution in [0.2, 0.25) is 0 Å². The van der Waals surface area contributed by atoms with Crippen LogP contribution in [0.5, 0.6) is 0 Å². The van der Waals surface area contributed by atoms with Gasteiger partial charge in [-0.05, 0) is 59.3 Å². The highest BCUT2D eigenvalue weighted by Crippen LogP contribution is 2.26. The Hall–Kier alpha value is -2.74. The van der Waals surface area contributed by atoms with Crippen LogP contribution < -0.4 is 5.32 Å². The quantitative estimate of drug-likeness (QED) is 0.474. The van der Waals surface area contributed by atoms with Gasteiger partial charge in [0.2, 0.25) is 0 Å². The average Bonchev–Trinajstić information content (AvgIpc) is 2.55. The van der Waals surface area contributed by atoms with Gasteiger partial charge in [0.05, 0.1) is 21.6 Å². The molecule has 2 aromatic rings. The second kappa shape index (κ2) is 7.69. The molecular formula is C16H13BrN2O5. The van der Waals surface area contributed by atoms with Gasteiger partial charge in [0, 0.05) is 17.3 Å². The van der Waals surface area contributed by atoms with Gasteiger partial charge in [0.1, 0.15) is 0 Å². The van der Waals surface area contributed by atoms with Crippen LogP contribution >= 0.6 is 15.9 Å². The summed E-state index contributed by atoms with van der Waals surface area (Å²) < 4.78 is 5.16. The maximum absolute atomic E-state index is 12.2. The van der Waals surface area contributed by atoms with Gasteiger partial charge < -0.3 is 10.1 Å². The number of hydrogen-bond donors (Lipinski definition) is 1. The van der Waals surface area contributed by atoms with Crippen molar-refractivity contribution < 1.29 is 19.2 Å². The number of halogens is 1. The summed E-state index contributed by atoms with van der Waals surface area (Å²) in [6.07, 6.45) is 0. The van der Waals surface area contributed by atoms with Gasteiger partial charge in [-0.2, -0.15) is 0 Å². The number of nitro groups is 1. The van der Waals surface area contributed by atoms with E-state index in [-0.39, 0.29) is 17.9 Å². The number of carbonyl (C=O) groups is 2. The first kappa shape index (κ1) is 17.6. The molecule has 1 N–H and O–H groups in total. The first-order chi connectivity index (χ1) is 11.4. The molecule has 0 unspecified atom stereocenters. The zero-order chi connectivity index (χ0) is 17.7. The average molecular weight is 393 g/mol. The van der Waals surface area contributed by atoms with E-state index in [0.717, 1.165) is 0 Å². The van der Waals surface area contributed by atoms with Crippen molar-refractivity contribution in [2.24, 2.45) is 0 Å². The van der Waals surface area contributed by atoms with Crippen molar-refractivity contribution in [3.8, 4) is 0 Å². The largest absolute Gasteiger partial charge is 0.462 e. The standard InChI is InChI=1S/C16H13BrN2O5/c1-2-24-16(21)10-3-6-12(7-4-10)18-15(20)11-5-8-13(17)14(9-11)19(22)23/h3-9H,2H2,1H3,(H,18,20). The molecule has 0 aromatic heterocycles. The Labute approximate surface area is 145 Å². The number of rotatable bonds is 5. The van der Waals surface area contributed by atoms with Crippen LogP contribution in [0.25, 0.3) is 0 Å². The van der Waals surface area contributed by atoms with Crippen LogP contribution in [-0.4, -0.2) is 23.4 Å². The topological polar surface area (TPSA) is 98.5 Å². The van der Waals surface area contributed by atoms with E-state index in [9.17, 15) is 19.7 Å². The van der Waals surface area contributed by atoms with Crippen molar-refractivity contribution in [2.45, 2.75) is 6.92 Å². The molecule has 0 saturated heterocycles. The maximum atomic E-state index is 12.2.